The Labute approximate surface area is 103 Å². The standard InChI is InChI=1S/C10H10Cl2N4/c1-13-5-7-6-16(15-14-7)8-2-3-9(11)10(12)4-8/h2-4,6,13H,5H2,1H3. The van der Waals surface area contributed by atoms with Gasteiger partial charge in [-0.25, -0.2) is 4.68 Å². The maximum atomic E-state index is 5.93. The van der Waals surface area contributed by atoms with E-state index in [4.69, 9.17) is 23.2 Å². The highest BCUT2D eigenvalue weighted by molar-refractivity contribution is 6.42. The number of aromatic nitrogens is 3. The van der Waals surface area contributed by atoms with Crippen molar-refractivity contribution in [3.8, 4) is 5.69 Å². The highest BCUT2D eigenvalue weighted by Gasteiger charge is 2.04. The maximum absolute atomic E-state index is 5.93. The Hall–Kier alpha value is -1.10. The number of rotatable bonds is 3. The van der Waals surface area contributed by atoms with E-state index in [1.54, 1.807) is 16.8 Å². The fraction of sp³-hybridized carbons (Fsp3) is 0.200. The zero-order valence-corrected chi connectivity index (χ0v) is 10.1. The molecule has 2 rings (SSSR count). The van der Waals surface area contributed by atoms with E-state index in [2.05, 4.69) is 15.6 Å². The second-order valence-electron chi connectivity index (χ2n) is 3.28. The SMILES string of the molecule is CNCc1cn(-c2ccc(Cl)c(Cl)c2)nn1. The molecular formula is C10H10Cl2N4. The molecule has 0 spiro atoms. The molecule has 1 aromatic heterocycles. The van der Waals surface area contributed by atoms with Gasteiger partial charge in [-0.05, 0) is 25.2 Å². The second-order valence-corrected chi connectivity index (χ2v) is 4.10. The molecule has 0 fully saturated rings. The molecule has 6 heteroatoms. The van der Waals surface area contributed by atoms with Gasteiger partial charge in [-0.3, -0.25) is 0 Å². The summed E-state index contributed by atoms with van der Waals surface area (Å²) in [6, 6.07) is 5.33. The smallest absolute Gasteiger partial charge is 0.0969 e. The van der Waals surface area contributed by atoms with Crippen LogP contribution < -0.4 is 5.32 Å². The second kappa shape index (κ2) is 4.82. The first kappa shape index (κ1) is 11.4. The van der Waals surface area contributed by atoms with Gasteiger partial charge < -0.3 is 5.32 Å². The van der Waals surface area contributed by atoms with Crippen LogP contribution in [0.5, 0.6) is 0 Å². The average molecular weight is 257 g/mol. The number of nitrogens with one attached hydrogen (secondary N) is 1. The van der Waals surface area contributed by atoms with Crippen LogP contribution in [0.3, 0.4) is 0 Å². The van der Waals surface area contributed by atoms with Gasteiger partial charge in [-0.1, -0.05) is 28.4 Å². The van der Waals surface area contributed by atoms with Gasteiger partial charge in [0.25, 0.3) is 0 Å². The van der Waals surface area contributed by atoms with Crippen LogP contribution in [0.4, 0.5) is 0 Å². The summed E-state index contributed by atoms with van der Waals surface area (Å²) in [6.07, 6.45) is 1.84. The number of halogens is 2. The van der Waals surface area contributed by atoms with Gasteiger partial charge in [-0.2, -0.15) is 0 Å². The van der Waals surface area contributed by atoms with Crippen LogP contribution >= 0.6 is 23.2 Å². The van der Waals surface area contributed by atoms with E-state index in [1.165, 1.54) is 0 Å². The normalized spacial score (nSPS) is 10.7. The Balaban J connectivity index is 2.31. The van der Waals surface area contributed by atoms with Gasteiger partial charge >= 0.3 is 0 Å². The lowest BCUT2D eigenvalue weighted by atomic mass is 10.3. The molecule has 0 radical (unpaired) electrons. The van der Waals surface area contributed by atoms with E-state index in [0.717, 1.165) is 11.4 Å². The summed E-state index contributed by atoms with van der Waals surface area (Å²) < 4.78 is 1.66. The maximum Gasteiger partial charge on any atom is 0.0969 e. The first-order valence-electron chi connectivity index (χ1n) is 4.72. The van der Waals surface area contributed by atoms with Crippen LogP contribution in [0.1, 0.15) is 5.69 Å². The Morgan fingerprint density at radius 2 is 2.12 bits per heavy atom. The van der Waals surface area contributed by atoms with Crippen molar-refractivity contribution in [2.45, 2.75) is 6.54 Å². The van der Waals surface area contributed by atoms with Crippen LogP contribution in [0.15, 0.2) is 24.4 Å². The lowest BCUT2D eigenvalue weighted by Gasteiger charge is -2.01. The third-order valence-corrected chi connectivity index (χ3v) is 2.81. The zero-order chi connectivity index (χ0) is 11.5. The van der Waals surface area contributed by atoms with Crippen LogP contribution in [0.2, 0.25) is 10.0 Å². The number of hydrogen-bond donors (Lipinski definition) is 1. The lowest BCUT2D eigenvalue weighted by molar-refractivity contribution is 0.767. The predicted molar refractivity (Wildman–Crippen MR) is 64.1 cm³/mol. The van der Waals surface area contributed by atoms with Crippen molar-refractivity contribution < 1.29 is 0 Å². The predicted octanol–water partition coefficient (Wildman–Crippen LogP) is 2.29. The Bertz CT molecular complexity index is 495. The van der Waals surface area contributed by atoms with Crippen molar-refractivity contribution in [1.82, 2.24) is 20.3 Å². The lowest BCUT2D eigenvalue weighted by Crippen LogP contribution is -2.04. The Morgan fingerprint density at radius 1 is 1.31 bits per heavy atom. The van der Waals surface area contributed by atoms with E-state index < -0.39 is 0 Å². The molecule has 16 heavy (non-hydrogen) atoms. The molecule has 1 aromatic carbocycles. The average Bonchev–Trinajstić information content (AvgIpc) is 2.71. The van der Waals surface area contributed by atoms with E-state index in [1.807, 2.05) is 19.3 Å². The molecular weight excluding hydrogens is 247 g/mol. The molecule has 4 nitrogen and oxygen atoms in total. The van der Waals surface area contributed by atoms with Crippen molar-refractivity contribution in [2.24, 2.45) is 0 Å². The van der Waals surface area contributed by atoms with Crippen LogP contribution in [-0.2, 0) is 6.54 Å². The van der Waals surface area contributed by atoms with Gasteiger partial charge in [0.15, 0.2) is 0 Å². The molecule has 0 aliphatic rings. The molecule has 0 aliphatic heterocycles. The molecule has 0 amide bonds. The highest BCUT2D eigenvalue weighted by atomic mass is 35.5. The molecule has 0 unspecified atom stereocenters. The minimum Gasteiger partial charge on any atom is -0.314 e. The molecule has 0 atom stereocenters. The van der Waals surface area contributed by atoms with Gasteiger partial charge in [0.1, 0.15) is 0 Å². The van der Waals surface area contributed by atoms with Gasteiger partial charge in [0.2, 0.25) is 0 Å². The van der Waals surface area contributed by atoms with Gasteiger partial charge in [0, 0.05) is 6.54 Å². The van der Waals surface area contributed by atoms with Crippen molar-refractivity contribution in [3.05, 3.63) is 40.1 Å². The van der Waals surface area contributed by atoms with Crippen LogP contribution in [-0.4, -0.2) is 22.0 Å². The third-order valence-electron chi connectivity index (χ3n) is 2.07. The van der Waals surface area contributed by atoms with Crippen LogP contribution in [0, 0.1) is 0 Å². The zero-order valence-electron chi connectivity index (χ0n) is 8.61. The Kier molecular flexibility index (Phi) is 3.43. The molecule has 84 valence electrons. The largest absolute Gasteiger partial charge is 0.314 e. The molecule has 1 heterocycles. The van der Waals surface area contributed by atoms with Crippen molar-refractivity contribution in [2.75, 3.05) is 7.05 Å². The fourth-order valence-corrected chi connectivity index (χ4v) is 1.61. The van der Waals surface area contributed by atoms with E-state index >= 15 is 0 Å². The minimum atomic E-state index is 0.504. The molecule has 0 bridgehead atoms. The summed E-state index contributed by atoms with van der Waals surface area (Å²) in [5.41, 5.74) is 1.71. The third kappa shape index (κ3) is 2.35. The topological polar surface area (TPSA) is 42.7 Å². The minimum absolute atomic E-state index is 0.504. The first-order valence-corrected chi connectivity index (χ1v) is 5.47. The summed E-state index contributed by atoms with van der Waals surface area (Å²) in [5.74, 6) is 0. The fourth-order valence-electron chi connectivity index (χ4n) is 1.31. The van der Waals surface area contributed by atoms with Gasteiger partial charge in [0.05, 0.1) is 27.6 Å². The quantitative estimate of drug-likeness (QED) is 0.917. The summed E-state index contributed by atoms with van der Waals surface area (Å²) in [7, 11) is 1.86. The molecule has 1 N–H and O–H groups in total. The highest BCUT2D eigenvalue weighted by Crippen LogP contribution is 2.23. The van der Waals surface area contributed by atoms with E-state index in [9.17, 15) is 0 Å². The molecule has 0 saturated carbocycles. The summed E-state index contributed by atoms with van der Waals surface area (Å²) in [4.78, 5) is 0. The van der Waals surface area contributed by atoms with E-state index in [0.29, 0.717) is 16.6 Å². The summed E-state index contributed by atoms with van der Waals surface area (Å²) >= 11 is 11.8. The first-order chi connectivity index (χ1) is 7.70. The number of benzene rings is 1. The summed E-state index contributed by atoms with van der Waals surface area (Å²) in [6.45, 7) is 0.682. The summed E-state index contributed by atoms with van der Waals surface area (Å²) in [5, 5.41) is 12.0. The molecule has 0 aliphatic carbocycles. The van der Waals surface area contributed by atoms with Crippen molar-refractivity contribution >= 4 is 23.2 Å². The van der Waals surface area contributed by atoms with Gasteiger partial charge in [-0.15, -0.1) is 5.10 Å². The Morgan fingerprint density at radius 3 is 2.81 bits per heavy atom. The van der Waals surface area contributed by atoms with Crippen molar-refractivity contribution in [3.63, 3.8) is 0 Å². The number of nitrogens with zero attached hydrogens (tertiary/aromatic N) is 3. The molecule has 0 saturated heterocycles. The van der Waals surface area contributed by atoms with E-state index in [-0.39, 0.29) is 0 Å². The number of hydrogen-bond acceptors (Lipinski definition) is 3. The molecule has 2 aromatic rings. The monoisotopic (exact) mass is 256 g/mol. The van der Waals surface area contributed by atoms with Crippen LogP contribution in [0.25, 0.3) is 5.69 Å². The van der Waals surface area contributed by atoms with Crippen molar-refractivity contribution in [1.29, 1.82) is 0 Å².